The minimum atomic E-state index is -0.376. The molecule has 1 fully saturated rings. The molecule has 6 heteroatoms. The van der Waals surface area contributed by atoms with E-state index in [4.69, 9.17) is 9.47 Å². The first kappa shape index (κ1) is 13.5. The van der Waals surface area contributed by atoms with E-state index in [1.807, 2.05) is 11.4 Å². The highest BCUT2D eigenvalue weighted by molar-refractivity contribution is 7.10. The maximum absolute atomic E-state index is 13.7. The average Bonchev–Trinajstić information content (AvgIpc) is 2.98. The van der Waals surface area contributed by atoms with Gasteiger partial charge >= 0.3 is 0 Å². The lowest BCUT2D eigenvalue weighted by atomic mass is 10.1. The first-order valence-corrected chi connectivity index (χ1v) is 7.26. The van der Waals surface area contributed by atoms with Crippen LogP contribution in [0, 0.1) is 5.82 Å². The van der Waals surface area contributed by atoms with Gasteiger partial charge in [0.05, 0.1) is 32.1 Å². The van der Waals surface area contributed by atoms with Crippen LogP contribution in [0.3, 0.4) is 0 Å². The third-order valence-electron chi connectivity index (χ3n) is 3.19. The van der Waals surface area contributed by atoms with Crippen molar-refractivity contribution in [2.45, 2.75) is 6.04 Å². The van der Waals surface area contributed by atoms with Gasteiger partial charge in [0.1, 0.15) is 5.01 Å². The number of nitrogens with zero attached hydrogens (tertiary/aromatic N) is 1. The van der Waals surface area contributed by atoms with Crippen LogP contribution in [0.5, 0.6) is 5.75 Å². The monoisotopic (exact) mass is 294 g/mol. The fraction of sp³-hybridized carbons (Fsp3) is 0.357. The van der Waals surface area contributed by atoms with Crippen LogP contribution in [-0.4, -0.2) is 31.9 Å². The molecule has 20 heavy (non-hydrogen) atoms. The molecule has 0 amide bonds. The molecule has 0 aliphatic carbocycles. The molecule has 1 unspecified atom stereocenters. The lowest BCUT2D eigenvalue weighted by molar-refractivity contribution is 0.0768. The summed E-state index contributed by atoms with van der Waals surface area (Å²) in [6, 6.07) is 5.00. The van der Waals surface area contributed by atoms with Gasteiger partial charge in [-0.15, -0.1) is 11.3 Å². The highest BCUT2D eigenvalue weighted by Crippen LogP contribution is 2.29. The Labute approximate surface area is 120 Å². The van der Waals surface area contributed by atoms with Crippen LogP contribution in [0.15, 0.2) is 23.6 Å². The van der Waals surface area contributed by atoms with Crippen LogP contribution < -0.4 is 10.1 Å². The fourth-order valence-electron chi connectivity index (χ4n) is 2.13. The zero-order valence-corrected chi connectivity index (χ0v) is 11.9. The summed E-state index contributed by atoms with van der Waals surface area (Å²) >= 11 is 1.56. The number of benzene rings is 1. The van der Waals surface area contributed by atoms with Crippen LogP contribution >= 0.6 is 11.3 Å². The maximum Gasteiger partial charge on any atom is 0.165 e. The molecule has 3 rings (SSSR count). The molecule has 4 nitrogen and oxygen atoms in total. The van der Waals surface area contributed by atoms with Crippen molar-refractivity contribution in [3.8, 4) is 17.0 Å². The van der Waals surface area contributed by atoms with E-state index in [-0.39, 0.29) is 17.6 Å². The Hall–Kier alpha value is -1.50. The summed E-state index contributed by atoms with van der Waals surface area (Å²) in [5, 5.41) is 6.26. The highest BCUT2D eigenvalue weighted by atomic mass is 32.1. The molecule has 1 aromatic carbocycles. The standard InChI is InChI=1S/C14H15FN2O2S/c1-18-13-3-2-9(6-10(13)15)12-8-20-14(17-12)11-7-19-5-4-16-11/h2-3,6,8,11,16H,4-5,7H2,1H3. The first-order valence-electron chi connectivity index (χ1n) is 6.38. The molecule has 0 saturated carbocycles. The van der Waals surface area contributed by atoms with Crippen molar-refractivity contribution < 1.29 is 13.9 Å². The van der Waals surface area contributed by atoms with Gasteiger partial charge in [-0.3, -0.25) is 0 Å². The molecule has 1 aliphatic heterocycles. The van der Waals surface area contributed by atoms with E-state index in [2.05, 4.69) is 10.3 Å². The van der Waals surface area contributed by atoms with E-state index in [1.54, 1.807) is 17.4 Å². The molecule has 1 N–H and O–H groups in total. The van der Waals surface area contributed by atoms with Gasteiger partial charge in [0, 0.05) is 17.5 Å². The summed E-state index contributed by atoms with van der Waals surface area (Å²) in [6.45, 7) is 2.19. The van der Waals surface area contributed by atoms with Gasteiger partial charge in [0.2, 0.25) is 0 Å². The second kappa shape index (κ2) is 5.87. The topological polar surface area (TPSA) is 43.4 Å². The fourth-order valence-corrected chi connectivity index (χ4v) is 3.02. The molecule has 1 saturated heterocycles. The molecule has 0 bridgehead atoms. The Bertz CT molecular complexity index is 597. The normalized spacial score (nSPS) is 19.0. The van der Waals surface area contributed by atoms with Gasteiger partial charge in [-0.2, -0.15) is 0 Å². The van der Waals surface area contributed by atoms with Gasteiger partial charge in [-0.05, 0) is 18.2 Å². The number of nitrogens with one attached hydrogen (secondary N) is 1. The predicted octanol–water partition coefficient (Wildman–Crippen LogP) is 2.62. The van der Waals surface area contributed by atoms with E-state index in [1.165, 1.54) is 13.2 Å². The van der Waals surface area contributed by atoms with Crippen molar-refractivity contribution in [1.82, 2.24) is 10.3 Å². The summed E-state index contributed by atoms with van der Waals surface area (Å²) in [6.07, 6.45) is 0. The van der Waals surface area contributed by atoms with Crippen LogP contribution in [-0.2, 0) is 4.74 Å². The summed E-state index contributed by atoms with van der Waals surface area (Å²) in [5.74, 6) is -0.134. The van der Waals surface area contributed by atoms with E-state index >= 15 is 0 Å². The molecule has 2 aromatic rings. The van der Waals surface area contributed by atoms with Gasteiger partial charge < -0.3 is 14.8 Å². The molecule has 106 valence electrons. The second-order valence-electron chi connectivity index (χ2n) is 4.50. The molecule has 1 aliphatic rings. The number of morpholine rings is 1. The lowest BCUT2D eigenvalue weighted by Gasteiger charge is -2.21. The number of methoxy groups -OCH3 is 1. The van der Waals surface area contributed by atoms with Crippen molar-refractivity contribution in [3.63, 3.8) is 0 Å². The third kappa shape index (κ3) is 2.67. The molecule has 1 aromatic heterocycles. The number of thiazole rings is 1. The number of hydrogen-bond acceptors (Lipinski definition) is 5. The van der Waals surface area contributed by atoms with E-state index in [0.29, 0.717) is 6.61 Å². The molecular formula is C14H15FN2O2S. The molecule has 0 radical (unpaired) electrons. The van der Waals surface area contributed by atoms with Crippen LogP contribution in [0.25, 0.3) is 11.3 Å². The largest absolute Gasteiger partial charge is 0.494 e. The lowest BCUT2D eigenvalue weighted by Crippen LogP contribution is -2.34. The van der Waals surface area contributed by atoms with Crippen LogP contribution in [0.4, 0.5) is 4.39 Å². The third-order valence-corrected chi connectivity index (χ3v) is 4.15. The van der Waals surface area contributed by atoms with E-state index in [9.17, 15) is 4.39 Å². The van der Waals surface area contributed by atoms with E-state index in [0.717, 1.165) is 29.4 Å². The maximum atomic E-state index is 13.7. The summed E-state index contributed by atoms with van der Waals surface area (Å²) in [5.41, 5.74) is 1.53. The number of aromatic nitrogens is 1. The quantitative estimate of drug-likeness (QED) is 0.945. The molecule has 0 spiro atoms. The van der Waals surface area contributed by atoms with Crippen molar-refractivity contribution >= 4 is 11.3 Å². The van der Waals surface area contributed by atoms with E-state index < -0.39 is 0 Å². The van der Waals surface area contributed by atoms with Crippen molar-refractivity contribution in [2.75, 3.05) is 26.9 Å². The van der Waals surface area contributed by atoms with Gasteiger partial charge in [0.15, 0.2) is 11.6 Å². The highest BCUT2D eigenvalue weighted by Gasteiger charge is 2.19. The van der Waals surface area contributed by atoms with Gasteiger partial charge in [0.25, 0.3) is 0 Å². The van der Waals surface area contributed by atoms with Crippen LogP contribution in [0.1, 0.15) is 11.0 Å². The minimum absolute atomic E-state index is 0.130. The molecule has 1 atom stereocenters. The zero-order valence-electron chi connectivity index (χ0n) is 11.1. The Kier molecular flexibility index (Phi) is 3.95. The summed E-state index contributed by atoms with van der Waals surface area (Å²) in [4.78, 5) is 4.57. The van der Waals surface area contributed by atoms with Crippen molar-refractivity contribution in [1.29, 1.82) is 0 Å². The first-order chi connectivity index (χ1) is 9.78. The Morgan fingerprint density at radius 1 is 1.50 bits per heavy atom. The Morgan fingerprint density at radius 2 is 2.40 bits per heavy atom. The van der Waals surface area contributed by atoms with Crippen molar-refractivity contribution in [2.24, 2.45) is 0 Å². The zero-order chi connectivity index (χ0) is 13.9. The Morgan fingerprint density at radius 3 is 3.10 bits per heavy atom. The molecular weight excluding hydrogens is 279 g/mol. The number of ether oxygens (including phenoxy) is 2. The number of rotatable bonds is 3. The average molecular weight is 294 g/mol. The SMILES string of the molecule is COc1ccc(-c2csc(C3COCCN3)n2)cc1F. The van der Waals surface area contributed by atoms with Crippen LogP contribution in [0.2, 0.25) is 0 Å². The van der Waals surface area contributed by atoms with Gasteiger partial charge in [-0.1, -0.05) is 0 Å². The minimum Gasteiger partial charge on any atom is -0.494 e. The van der Waals surface area contributed by atoms with Gasteiger partial charge in [-0.25, -0.2) is 9.37 Å². The van der Waals surface area contributed by atoms with Crippen molar-refractivity contribution in [3.05, 3.63) is 34.4 Å². The predicted molar refractivity (Wildman–Crippen MR) is 75.6 cm³/mol. The Balaban J connectivity index is 1.84. The number of hydrogen-bond donors (Lipinski definition) is 1. The second-order valence-corrected chi connectivity index (χ2v) is 5.39. The summed E-state index contributed by atoms with van der Waals surface area (Å²) < 4.78 is 24.1. The summed E-state index contributed by atoms with van der Waals surface area (Å²) in [7, 11) is 1.45. The number of halogens is 1. The molecule has 2 heterocycles. The smallest absolute Gasteiger partial charge is 0.165 e.